The summed E-state index contributed by atoms with van der Waals surface area (Å²) in [4.78, 5) is 0. The summed E-state index contributed by atoms with van der Waals surface area (Å²) in [5.41, 5.74) is 3.30. The van der Waals surface area contributed by atoms with Crippen molar-refractivity contribution in [3.8, 4) is 0 Å². The molecule has 8 heteroatoms. The molecule has 0 aromatic rings. The Morgan fingerprint density at radius 3 is 2.06 bits per heavy atom. The summed E-state index contributed by atoms with van der Waals surface area (Å²) in [5.74, 6) is -0.0886. The first-order chi connectivity index (χ1) is 7.68. The molecule has 0 radical (unpaired) electrons. The highest BCUT2D eigenvalue weighted by Crippen LogP contribution is 2.45. The van der Waals surface area contributed by atoms with Crippen LogP contribution in [0, 0.1) is 5.41 Å². The highest BCUT2D eigenvalue weighted by Gasteiger charge is 2.55. The van der Waals surface area contributed by atoms with Crippen molar-refractivity contribution < 1.29 is 21.6 Å². The molecule has 0 saturated carbocycles. The van der Waals surface area contributed by atoms with Crippen molar-refractivity contribution in [2.24, 2.45) is 11.1 Å². The summed E-state index contributed by atoms with van der Waals surface area (Å²) in [7, 11) is -3.40. The van der Waals surface area contributed by atoms with Crippen LogP contribution in [-0.2, 0) is 10.0 Å². The maximum atomic E-state index is 12.9. The Labute approximate surface area is 99.0 Å². The number of alkyl halides is 3. The molecule has 0 aliphatic carbocycles. The SMILES string of the molecule is CCS(=O)(=O)N1CCC(CN)(C(F)(F)F)CC1. The van der Waals surface area contributed by atoms with E-state index < -0.39 is 28.2 Å². The van der Waals surface area contributed by atoms with Crippen molar-refractivity contribution >= 4 is 10.0 Å². The Hall–Kier alpha value is -0.340. The molecule has 0 atom stereocenters. The summed E-state index contributed by atoms with van der Waals surface area (Å²) >= 11 is 0. The van der Waals surface area contributed by atoms with E-state index in [0.717, 1.165) is 4.31 Å². The second-order valence-corrected chi connectivity index (χ2v) is 6.54. The molecule has 1 aliphatic rings. The standard InChI is InChI=1S/C9H17F3N2O2S/c1-2-17(15,16)14-5-3-8(7-13,4-6-14)9(10,11)12/h2-7,13H2,1H3. The van der Waals surface area contributed by atoms with Gasteiger partial charge < -0.3 is 5.73 Å². The normalized spacial score (nSPS) is 22.6. The van der Waals surface area contributed by atoms with E-state index in [1.54, 1.807) is 0 Å². The number of piperidine rings is 1. The van der Waals surface area contributed by atoms with Crippen molar-refractivity contribution in [1.82, 2.24) is 4.31 Å². The van der Waals surface area contributed by atoms with Crippen LogP contribution in [0.1, 0.15) is 19.8 Å². The molecule has 102 valence electrons. The van der Waals surface area contributed by atoms with Gasteiger partial charge in [0.15, 0.2) is 0 Å². The first-order valence-electron chi connectivity index (χ1n) is 5.43. The Balaban J connectivity index is 2.80. The number of rotatable bonds is 3. The molecule has 0 unspecified atom stereocenters. The van der Waals surface area contributed by atoms with E-state index in [1.807, 2.05) is 0 Å². The molecule has 1 aliphatic heterocycles. The van der Waals surface area contributed by atoms with Gasteiger partial charge in [0.1, 0.15) is 0 Å². The molecule has 1 rings (SSSR count). The maximum absolute atomic E-state index is 12.9. The molecule has 1 heterocycles. The average Bonchev–Trinajstić information content (AvgIpc) is 2.27. The molecule has 0 spiro atoms. The zero-order chi connectivity index (χ0) is 13.3. The van der Waals surface area contributed by atoms with E-state index in [1.165, 1.54) is 6.92 Å². The summed E-state index contributed by atoms with van der Waals surface area (Å²) in [6.45, 7) is 0.778. The highest BCUT2D eigenvalue weighted by atomic mass is 32.2. The quantitative estimate of drug-likeness (QED) is 0.833. The van der Waals surface area contributed by atoms with Crippen LogP contribution in [0.3, 0.4) is 0 Å². The van der Waals surface area contributed by atoms with Crippen molar-refractivity contribution in [1.29, 1.82) is 0 Å². The van der Waals surface area contributed by atoms with Crippen molar-refractivity contribution in [3.05, 3.63) is 0 Å². The van der Waals surface area contributed by atoms with Gasteiger partial charge in [-0.1, -0.05) is 0 Å². The number of hydrogen-bond acceptors (Lipinski definition) is 3. The Morgan fingerprint density at radius 2 is 1.76 bits per heavy atom. The zero-order valence-corrected chi connectivity index (χ0v) is 10.4. The van der Waals surface area contributed by atoms with Crippen LogP contribution in [0.25, 0.3) is 0 Å². The van der Waals surface area contributed by atoms with Gasteiger partial charge in [-0.15, -0.1) is 0 Å². The van der Waals surface area contributed by atoms with E-state index in [2.05, 4.69) is 0 Å². The number of nitrogens with zero attached hydrogens (tertiary/aromatic N) is 1. The predicted octanol–water partition coefficient (Wildman–Crippen LogP) is 0.939. The maximum Gasteiger partial charge on any atom is 0.395 e. The van der Waals surface area contributed by atoms with E-state index in [9.17, 15) is 21.6 Å². The second kappa shape index (κ2) is 4.74. The molecule has 0 amide bonds. The van der Waals surface area contributed by atoms with Crippen molar-refractivity contribution in [2.45, 2.75) is 25.9 Å². The third-order valence-corrected chi connectivity index (χ3v) is 5.31. The largest absolute Gasteiger partial charge is 0.395 e. The molecular weight excluding hydrogens is 257 g/mol. The van der Waals surface area contributed by atoms with Crippen LogP contribution in [0.5, 0.6) is 0 Å². The lowest BCUT2D eigenvalue weighted by Gasteiger charge is -2.41. The van der Waals surface area contributed by atoms with Crippen LogP contribution in [0.4, 0.5) is 13.2 Å². The van der Waals surface area contributed by atoms with E-state index in [-0.39, 0.29) is 31.7 Å². The van der Waals surface area contributed by atoms with Gasteiger partial charge in [0.25, 0.3) is 0 Å². The molecule has 0 aromatic carbocycles. The molecule has 0 aromatic heterocycles. The Bertz CT molecular complexity index is 359. The summed E-state index contributed by atoms with van der Waals surface area (Å²) in [6.07, 6.45) is -4.89. The molecule has 1 fully saturated rings. The fourth-order valence-electron chi connectivity index (χ4n) is 1.98. The van der Waals surface area contributed by atoms with Gasteiger partial charge in [-0.25, -0.2) is 12.7 Å². The smallest absolute Gasteiger partial charge is 0.330 e. The fraction of sp³-hybridized carbons (Fsp3) is 1.00. The summed E-state index contributed by atoms with van der Waals surface area (Å²) in [6, 6.07) is 0. The first kappa shape index (κ1) is 14.7. The molecule has 2 N–H and O–H groups in total. The highest BCUT2D eigenvalue weighted by molar-refractivity contribution is 7.89. The van der Waals surface area contributed by atoms with E-state index in [4.69, 9.17) is 5.73 Å². The molecule has 0 bridgehead atoms. The number of sulfonamides is 1. The minimum absolute atomic E-state index is 0.0886. The van der Waals surface area contributed by atoms with Crippen molar-refractivity contribution in [3.63, 3.8) is 0 Å². The van der Waals surface area contributed by atoms with E-state index in [0.29, 0.717) is 0 Å². The summed E-state index contributed by atoms with van der Waals surface area (Å²) in [5, 5.41) is 0. The van der Waals surface area contributed by atoms with Crippen molar-refractivity contribution in [2.75, 3.05) is 25.4 Å². The molecule has 1 saturated heterocycles. The Morgan fingerprint density at radius 1 is 1.29 bits per heavy atom. The monoisotopic (exact) mass is 274 g/mol. The third kappa shape index (κ3) is 2.74. The molecule has 4 nitrogen and oxygen atoms in total. The lowest BCUT2D eigenvalue weighted by Crippen LogP contribution is -2.53. The minimum Gasteiger partial charge on any atom is -0.330 e. The van der Waals surface area contributed by atoms with Gasteiger partial charge in [-0.2, -0.15) is 13.2 Å². The molecular formula is C9H17F3N2O2S. The first-order valence-corrected chi connectivity index (χ1v) is 7.04. The second-order valence-electron chi connectivity index (χ2n) is 4.28. The van der Waals surface area contributed by atoms with Gasteiger partial charge in [-0.3, -0.25) is 0 Å². The zero-order valence-electron chi connectivity index (χ0n) is 9.63. The van der Waals surface area contributed by atoms with Crippen LogP contribution < -0.4 is 5.73 Å². The summed E-state index contributed by atoms with van der Waals surface area (Å²) < 4.78 is 62.7. The van der Waals surface area contributed by atoms with E-state index >= 15 is 0 Å². The van der Waals surface area contributed by atoms with Crippen LogP contribution in [-0.4, -0.2) is 44.3 Å². The number of hydrogen-bond donors (Lipinski definition) is 1. The topological polar surface area (TPSA) is 63.4 Å². The number of halogens is 3. The minimum atomic E-state index is -4.37. The van der Waals surface area contributed by atoms with Gasteiger partial charge >= 0.3 is 6.18 Å². The van der Waals surface area contributed by atoms with Crippen LogP contribution in [0.2, 0.25) is 0 Å². The van der Waals surface area contributed by atoms with Gasteiger partial charge in [-0.05, 0) is 19.8 Å². The lowest BCUT2D eigenvalue weighted by molar-refractivity contribution is -0.231. The van der Waals surface area contributed by atoms with Gasteiger partial charge in [0.2, 0.25) is 10.0 Å². The average molecular weight is 274 g/mol. The third-order valence-electron chi connectivity index (χ3n) is 3.43. The van der Waals surface area contributed by atoms with Gasteiger partial charge in [0.05, 0.1) is 11.2 Å². The van der Waals surface area contributed by atoms with Gasteiger partial charge in [0, 0.05) is 19.6 Å². The number of nitrogens with two attached hydrogens (primary N) is 1. The lowest BCUT2D eigenvalue weighted by atomic mass is 9.78. The Kier molecular flexibility index (Phi) is 4.10. The molecule has 17 heavy (non-hydrogen) atoms. The predicted molar refractivity (Wildman–Crippen MR) is 57.8 cm³/mol. The van der Waals surface area contributed by atoms with Crippen LogP contribution in [0.15, 0.2) is 0 Å². The fourth-order valence-corrected chi connectivity index (χ4v) is 3.08. The van der Waals surface area contributed by atoms with Crippen LogP contribution >= 0.6 is 0 Å².